The molecular formula is C36H56O6. The molecule has 42 heavy (non-hydrogen) atoms. The van der Waals surface area contributed by atoms with Gasteiger partial charge in [0.25, 0.3) is 0 Å². The molecule has 0 N–H and O–H groups in total. The van der Waals surface area contributed by atoms with Gasteiger partial charge in [-0.2, -0.15) is 0 Å². The maximum Gasteiger partial charge on any atom is 0.306 e. The van der Waals surface area contributed by atoms with Gasteiger partial charge in [0, 0.05) is 32.3 Å². The van der Waals surface area contributed by atoms with E-state index in [1.54, 1.807) is 6.08 Å². The Labute approximate surface area is 256 Å². The number of carbonyl (C=O) groups excluding carboxylic acids is 3. The molecular weight excluding hydrogens is 528 g/mol. The average molecular weight is 585 g/mol. The topological polar surface area (TPSA) is 78.9 Å². The van der Waals surface area contributed by atoms with Crippen molar-refractivity contribution in [1.82, 2.24) is 0 Å². The van der Waals surface area contributed by atoms with Crippen molar-refractivity contribution >= 4 is 17.9 Å². The van der Waals surface area contributed by atoms with Crippen molar-refractivity contribution in [1.29, 1.82) is 0 Å². The molecule has 0 aliphatic rings. The molecule has 6 heteroatoms. The van der Waals surface area contributed by atoms with Crippen LogP contribution in [-0.2, 0) is 28.6 Å². The number of rotatable bonds is 22. The molecule has 0 aliphatic heterocycles. The molecule has 0 aromatic heterocycles. The fourth-order valence-corrected chi connectivity index (χ4v) is 4.05. The first-order chi connectivity index (χ1) is 20.1. The Morgan fingerprint density at radius 2 is 1.36 bits per heavy atom. The summed E-state index contributed by atoms with van der Waals surface area (Å²) in [4.78, 5) is 35.5. The lowest BCUT2D eigenvalue weighted by atomic mass is 10.1. The first-order valence-electron chi connectivity index (χ1n) is 15.8. The predicted octanol–water partition coefficient (Wildman–Crippen LogP) is 8.90. The van der Waals surface area contributed by atoms with Gasteiger partial charge in [-0.1, -0.05) is 87.5 Å². The fourth-order valence-electron chi connectivity index (χ4n) is 4.05. The third-order valence-corrected chi connectivity index (χ3v) is 6.41. The zero-order valence-electron chi connectivity index (χ0n) is 27.2. The van der Waals surface area contributed by atoms with Crippen molar-refractivity contribution in [3.8, 4) is 11.8 Å². The van der Waals surface area contributed by atoms with Crippen LogP contribution in [0.2, 0.25) is 0 Å². The van der Waals surface area contributed by atoms with Gasteiger partial charge in [-0.3, -0.25) is 14.4 Å². The predicted molar refractivity (Wildman–Crippen MR) is 172 cm³/mol. The Kier molecular flexibility index (Phi) is 24.8. The molecule has 0 saturated heterocycles. The van der Waals surface area contributed by atoms with Crippen LogP contribution in [0, 0.1) is 11.8 Å². The van der Waals surface area contributed by atoms with Crippen LogP contribution in [0.5, 0.6) is 0 Å². The first-order valence-corrected chi connectivity index (χ1v) is 15.8. The van der Waals surface area contributed by atoms with Crippen molar-refractivity contribution in [2.75, 3.05) is 13.2 Å². The molecule has 0 rings (SSSR count). The van der Waals surface area contributed by atoms with Crippen LogP contribution >= 0.6 is 0 Å². The van der Waals surface area contributed by atoms with E-state index in [2.05, 4.69) is 30.9 Å². The minimum atomic E-state index is -0.666. The van der Waals surface area contributed by atoms with Crippen molar-refractivity contribution in [3.05, 3.63) is 47.1 Å². The monoisotopic (exact) mass is 584 g/mol. The molecule has 236 valence electrons. The van der Waals surface area contributed by atoms with Gasteiger partial charge >= 0.3 is 17.9 Å². The largest absolute Gasteiger partial charge is 0.461 e. The number of hydrogen-bond donors (Lipinski definition) is 0. The van der Waals surface area contributed by atoms with Gasteiger partial charge in [-0.15, -0.1) is 0 Å². The maximum atomic E-state index is 12.3. The van der Waals surface area contributed by atoms with Crippen molar-refractivity contribution in [2.45, 2.75) is 138 Å². The van der Waals surface area contributed by atoms with Crippen LogP contribution in [0.1, 0.15) is 131 Å². The van der Waals surface area contributed by atoms with Gasteiger partial charge in [-0.05, 0) is 70.6 Å². The molecule has 0 aromatic rings. The minimum Gasteiger partial charge on any atom is -0.461 e. The Morgan fingerprint density at radius 1 is 0.738 bits per heavy atom. The molecule has 0 aromatic carbocycles. The number of ether oxygens (including phenoxy) is 3. The molecule has 0 fully saturated rings. The van der Waals surface area contributed by atoms with Crippen molar-refractivity contribution < 1.29 is 28.6 Å². The Morgan fingerprint density at radius 3 is 1.95 bits per heavy atom. The number of hydrogen-bond acceptors (Lipinski definition) is 6. The quantitative estimate of drug-likeness (QED) is 0.0416. The summed E-state index contributed by atoms with van der Waals surface area (Å²) in [7, 11) is 0. The zero-order chi connectivity index (χ0) is 31.4. The molecule has 1 unspecified atom stereocenters. The summed E-state index contributed by atoms with van der Waals surface area (Å²) in [6, 6.07) is 0. The second-order valence-corrected chi connectivity index (χ2v) is 10.9. The third-order valence-electron chi connectivity index (χ3n) is 6.41. The van der Waals surface area contributed by atoms with E-state index in [1.807, 2.05) is 32.9 Å². The molecule has 0 aliphatic carbocycles. The lowest BCUT2D eigenvalue weighted by molar-refractivity contribution is -0.146. The van der Waals surface area contributed by atoms with Crippen molar-refractivity contribution in [2.24, 2.45) is 0 Å². The summed E-state index contributed by atoms with van der Waals surface area (Å²) in [6.07, 6.45) is 24.3. The summed E-state index contributed by atoms with van der Waals surface area (Å²) in [6.45, 7) is 10.7. The summed E-state index contributed by atoms with van der Waals surface area (Å²) in [5, 5.41) is 0. The highest BCUT2D eigenvalue weighted by Gasteiger charge is 2.18. The number of allylic oxidation sites excluding steroid dienone is 5. The number of esters is 3. The van der Waals surface area contributed by atoms with Crippen LogP contribution in [0.25, 0.3) is 0 Å². The standard InChI is InChI=1S/C36H56O6/c1-7-8-9-10-11-12-13-14-15-16-17-18-19-20-24-36(39)40-28-27-34(29-41-32(5)37)35(42-33(6)38)26-25-31(4)23-21-22-30(2)3/h14-15,22,25,27,35H,7-13,16-20,24,26,28-29H2,1-6H3. The fraction of sp³-hybridized carbons (Fsp3) is 0.639. The molecule has 0 saturated carbocycles. The Bertz CT molecular complexity index is 953. The van der Waals surface area contributed by atoms with E-state index in [4.69, 9.17) is 14.2 Å². The van der Waals surface area contributed by atoms with Crippen LogP contribution in [-0.4, -0.2) is 37.2 Å². The number of carbonyl (C=O) groups is 3. The van der Waals surface area contributed by atoms with E-state index in [0.29, 0.717) is 18.4 Å². The SMILES string of the molecule is CCCCCCCCC=CCCCCCCC(=O)OCC=C(COC(C)=O)C(CC=C(C)C#CC=C(C)C)OC(C)=O. The van der Waals surface area contributed by atoms with E-state index in [9.17, 15) is 14.4 Å². The first kappa shape index (κ1) is 38.9. The van der Waals surface area contributed by atoms with E-state index in [0.717, 1.165) is 43.3 Å². The molecule has 0 amide bonds. The Balaban J connectivity index is 4.62. The van der Waals surface area contributed by atoms with E-state index in [1.165, 1.54) is 58.8 Å². The van der Waals surface area contributed by atoms with E-state index in [-0.39, 0.29) is 19.2 Å². The second kappa shape index (κ2) is 26.8. The van der Waals surface area contributed by atoms with Crippen LogP contribution in [0.3, 0.4) is 0 Å². The maximum absolute atomic E-state index is 12.3. The molecule has 0 bridgehead atoms. The Hall–Kier alpha value is -3.07. The van der Waals surface area contributed by atoms with Crippen LogP contribution < -0.4 is 0 Å². The summed E-state index contributed by atoms with van der Waals surface area (Å²) in [5.74, 6) is 4.84. The average Bonchev–Trinajstić information content (AvgIpc) is 2.92. The summed E-state index contributed by atoms with van der Waals surface area (Å²) >= 11 is 0. The minimum absolute atomic E-state index is 0.0136. The van der Waals surface area contributed by atoms with Gasteiger partial charge in [0.15, 0.2) is 0 Å². The van der Waals surface area contributed by atoms with Gasteiger partial charge in [0.1, 0.15) is 19.3 Å². The highest BCUT2D eigenvalue weighted by atomic mass is 16.6. The lowest BCUT2D eigenvalue weighted by Gasteiger charge is -2.19. The molecule has 0 heterocycles. The zero-order valence-corrected chi connectivity index (χ0v) is 27.2. The van der Waals surface area contributed by atoms with Crippen LogP contribution in [0.4, 0.5) is 0 Å². The van der Waals surface area contributed by atoms with E-state index >= 15 is 0 Å². The highest BCUT2D eigenvalue weighted by Crippen LogP contribution is 2.16. The molecule has 1 atom stereocenters. The van der Waals surface area contributed by atoms with Gasteiger partial charge in [-0.25, -0.2) is 0 Å². The third kappa shape index (κ3) is 25.9. The number of unbranched alkanes of at least 4 members (excludes halogenated alkanes) is 10. The highest BCUT2D eigenvalue weighted by molar-refractivity contribution is 5.69. The molecule has 0 spiro atoms. The van der Waals surface area contributed by atoms with Gasteiger partial charge in [0.05, 0.1) is 0 Å². The van der Waals surface area contributed by atoms with E-state index < -0.39 is 18.0 Å². The summed E-state index contributed by atoms with van der Waals surface area (Å²) in [5.41, 5.74) is 2.49. The van der Waals surface area contributed by atoms with Crippen molar-refractivity contribution in [3.63, 3.8) is 0 Å². The smallest absolute Gasteiger partial charge is 0.306 e. The summed E-state index contributed by atoms with van der Waals surface area (Å²) < 4.78 is 16.1. The van der Waals surface area contributed by atoms with Crippen LogP contribution in [0.15, 0.2) is 47.1 Å². The molecule has 6 nitrogen and oxygen atoms in total. The normalized spacial score (nSPS) is 12.3. The van der Waals surface area contributed by atoms with Gasteiger partial charge < -0.3 is 14.2 Å². The molecule has 0 radical (unpaired) electrons. The second-order valence-electron chi connectivity index (χ2n) is 10.9. The van der Waals surface area contributed by atoms with Gasteiger partial charge in [0.2, 0.25) is 0 Å². The lowest BCUT2D eigenvalue weighted by Crippen LogP contribution is -2.23.